The molecule has 0 heterocycles. The molecule has 0 spiro atoms. The highest BCUT2D eigenvalue weighted by Crippen LogP contribution is 2.58. The lowest BCUT2D eigenvalue weighted by molar-refractivity contribution is -0.123. The van der Waals surface area contributed by atoms with Crippen molar-refractivity contribution in [1.82, 2.24) is 0 Å². The van der Waals surface area contributed by atoms with Gasteiger partial charge in [-0.2, -0.15) is 0 Å². The smallest absolute Gasteiger partial charge is 0.154 e. The van der Waals surface area contributed by atoms with Crippen molar-refractivity contribution in [1.29, 1.82) is 0 Å². The number of fused-ring (bicyclic) bond motifs is 5. The standard InChI is InChI=1S/C10H13ClO/c11-9-7-4-8(10(9)12)6-3-1-2-5(6)7/h5-9H,1-4H2/t5-,6+,7+,8-,9+/m1/s1. The summed E-state index contributed by atoms with van der Waals surface area (Å²) in [4.78, 5) is 11.6. The largest absolute Gasteiger partial charge is 0.298 e. The van der Waals surface area contributed by atoms with Gasteiger partial charge in [-0.15, -0.1) is 11.6 Å². The Morgan fingerprint density at radius 2 is 1.92 bits per heavy atom. The van der Waals surface area contributed by atoms with E-state index in [1.807, 2.05) is 0 Å². The number of Topliss-reactive ketones (excluding diaryl/α,β-unsaturated/α-hetero) is 1. The van der Waals surface area contributed by atoms with Crippen LogP contribution in [0.15, 0.2) is 0 Å². The van der Waals surface area contributed by atoms with Crippen molar-refractivity contribution in [3.05, 3.63) is 0 Å². The van der Waals surface area contributed by atoms with Crippen molar-refractivity contribution in [3.63, 3.8) is 0 Å². The molecule has 66 valence electrons. The second kappa shape index (κ2) is 2.25. The summed E-state index contributed by atoms with van der Waals surface area (Å²) in [6, 6.07) is 0. The molecule has 3 aliphatic carbocycles. The molecule has 2 heteroatoms. The molecule has 0 aromatic heterocycles. The van der Waals surface area contributed by atoms with Gasteiger partial charge in [0.05, 0.1) is 5.38 Å². The molecule has 3 fully saturated rings. The van der Waals surface area contributed by atoms with E-state index in [-0.39, 0.29) is 5.38 Å². The Morgan fingerprint density at radius 3 is 2.75 bits per heavy atom. The molecule has 0 aromatic carbocycles. The van der Waals surface area contributed by atoms with E-state index in [0.717, 1.165) is 18.3 Å². The Balaban J connectivity index is 1.97. The number of hydrogen-bond acceptors (Lipinski definition) is 1. The summed E-state index contributed by atoms with van der Waals surface area (Å²) in [6.07, 6.45) is 5.07. The highest BCUT2D eigenvalue weighted by molar-refractivity contribution is 6.32. The van der Waals surface area contributed by atoms with Crippen LogP contribution in [0.1, 0.15) is 25.7 Å². The zero-order chi connectivity index (χ0) is 8.29. The third kappa shape index (κ3) is 0.693. The van der Waals surface area contributed by atoms with Gasteiger partial charge in [0.25, 0.3) is 0 Å². The first-order valence-corrected chi connectivity index (χ1v) is 5.40. The van der Waals surface area contributed by atoms with Crippen molar-refractivity contribution in [2.24, 2.45) is 23.7 Å². The van der Waals surface area contributed by atoms with Gasteiger partial charge >= 0.3 is 0 Å². The molecule has 5 atom stereocenters. The molecule has 3 rings (SSSR count). The van der Waals surface area contributed by atoms with Crippen LogP contribution in [-0.2, 0) is 4.79 Å². The predicted molar refractivity (Wildman–Crippen MR) is 47.1 cm³/mol. The number of carbonyl (C=O) groups is 1. The van der Waals surface area contributed by atoms with Crippen molar-refractivity contribution in [2.45, 2.75) is 31.1 Å². The highest BCUT2D eigenvalue weighted by atomic mass is 35.5. The maximum atomic E-state index is 11.6. The zero-order valence-corrected chi connectivity index (χ0v) is 7.76. The van der Waals surface area contributed by atoms with E-state index in [9.17, 15) is 4.79 Å². The van der Waals surface area contributed by atoms with E-state index in [0.29, 0.717) is 17.6 Å². The minimum Gasteiger partial charge on any atom is -0.298 e. The van der Waals surface area contributed by atoms with Gasteiger partial charge < -0.3 is 0 Å². The number of rotatable bonds is 0. The lowest BCUT2D eigenvalue weighted by Gasteiger charge is -2.26. The monoisotopic (exact) mass is 184 g/mol. The first kappa shape index (κ1) is 7.37. The fraction of sp³-hybridized carbons (Fsp3) is 0.900. The summed E-state index contributed by atoms with van der Waals surface area (Å²) < 4.78 is 0. The number of carbonyl (C=O) groups excluding carboxylic acids is 1. The Labute approximate surface area is 77.5 Å². The topological polar surface area (TPSA) is 17.1 Å². The minimum atomic E-state index is -0.116. The number of halogens is 1. The third-order valence-electron chi connectivity index (χ3n) is 4.23. The van der Waals surface area contributed by atoms with E-state index >= 15 is 0 Å². The highest BCUT2D eigenvalue weighted by Gasteiger charge is 2.58. The average Bonchev–Trinajstić information content (AvgIpc) is 2.63. The van der Waals surface area contributed by atoms with Crippen LogP contribution in [0.25, 0.3) is 0 Å². The van der Waals surface area contributed by atoms with Gasteiger partial charge in [0.1, 0.15) is 0 Å². The van der Waals surface area contributed by atoms with E-state index in [4.69, 9.17) is 11.6 Å². The molecule has 12 heavy (non-hydrogen) atoms. The lowest BCUT2D eigenvalue weighted by Crippen LogP contribution is -2.33. The zero-order valence-electron chi connectivity index (χ0n) is 7.00. The summed E-state index contributed by atoms with van der Waals surface area (Å²) in [7, 11) is 0. The summed E-state index contributed by atoms with van der Waals surface area (Å²) in [5.41, 5.74) is 0. The van der Waals surface area contributed by atoms with E-state index in [1.165, 1.54) is 19.3 Å². The second-order valence-electron chi connectivity index (χ2n) is 4.57. The maximum absolute atomic E-state index is 11.6. The van der Waals surface area contributed by atoms with Crippen LogP contribution in [0, 0.1) is 23.7 Å². The third-order valence-corrected chi connectivity index (χ3v) is 4.77. The van der Waals surface area contributed by atoms with Crippen molar-refractivity contribution in [3.8, 4) is 0 Å². The van der Waals surface area contributed by atoms with Crippen LogP contribution in [0.2, 0.25) is 0 Å². The molecular formula is C10H13ClO. The van der Waals surface area contributed by atoms with Gasteiger partial charge in [0, 0.05) is 5.92 Å². The molecule has 0 aliphatic heterocycles. The lowest BCUT2D eigenvalue weighted by atomic mass is 9.81. The Kier molecular flexibility index (Phi) is 1.39. The van der Waals surface area contributed by atoms with Gasteiger partial charge in [0.2, 0.25) is 0 Å². The molecule has 0 amide bonds. The SMILES string of the molecule is O=C1[C@@H](Cl)[C@H]2C[C@@H]1[C@H]1CCC[C@@H]21. The molecular weight excluding hydrogens is 172 g/mol. The molecule has 0 N–H and O–H groups in total. The van der Waals surface area contributed by atoms with E-state index < -0.39 is 0 Å². The molecule has 0 aromatic rings. The minimum absolute atomic E-state index is 0.116. The fourth-order valence-corrected chi connectivity index (χ4v) is 4.22. The summed E-state index contributed by atoms with van der Waals surface area (Å²) >= 11 is 6.08. The summed E-state index contributed by atoms with van der Waals surface area (Å²) in [6.45, 7) is 0. The van der Waals surface area contributed by atoms with Gasteiger partial charge in [-0.1, -0.05) is 6.42 Å². The van der Waals surface area contributed by atoms with Crippen LogP contribution in [0.5, 0.6) is 0 Å². The van der Waals surface area contributed by atoms with Gasteiger partial charge in [0.15, 0.2) is 5.78 Å². The normalized spacial score (nSPS) is 56.4. The average molecular weight is 185 g/mol. The molecule has 2 bridgehead atoms. The fourth-order valence-electron chi connectivity index (χ4n) is 3.77. The Morgan fingerprint density at radius 1 is 1.17 bits per heavy atom. The Bertz CT molecular complexity index is 238. The number of alkyl halides is 1. The van der Waals surface area contributed by atoms with Gasteiger partial charge in [-0.25, -0.2) is 0 Å². The van der Waals surface area contributed by atoms with Crippen molar-refractivity contribution < 1.29 is 4.79 Å². The van der Waals surface area contributed by atoms with E-state index in [1.54, 1.807) is 0 Å². The Hall–Kier alpha value is -0.0400. The van der Waals surface area contributed by atoms with E-state index in [2.05, 4.69) is 0 Å². The summed E-state index contributed by atoms with van der Waals surface area (Å²) in [5, 5.41) is -0.116. The molecule has 0 unspecified atom stereocenters. The number of hydrogen-bond donors (Lipinski definition) is 0. The molecule has 3 aliphatic rings. The molecule has 3 saturated carbocycles. The quantitative estimate of drug-likeness (QED) is 0.528. The van der Waals surface area contributed by atoms with Crippen LogP contribution in [0.4, 0.5) is 0 Å². The van der Waals surface area contributed by atoms with Crippen molar-refractivity contribution in [2.75, 3.05) is 0 Å². The predicted octanol–water partition coefficient (Wildman–Crippen LogP) is 2.23. The molecule has 1 nitrogen and oxygen atoms in total. The molecule has 0 saturated heterocycles. The van der Waals surface area contributed by atoms with Gasteiger partial charge in [-0.05, 0) is 37.0 Å². The molecule has 0 radical (unpaired) electrons. The van der Waals surface area contributed by atoms with Crippen molar-refractivity contribution >= 4 is 17.4 Å². The van der Waals surface area contributed by atoms with Crippen LogP contribution >= 0.6 is 11.6 Å². The maximum Gasteiger partial charge on any atom is 0.154 e. The second-order valence-corrected chi connectivity index (χ2v) is 5.04. The first-order chi connectivity index (χ1) is 5.79. The van der Waals surface area contributed by atoms with Gasteiger partial charge in [-0.3, -0.25) is 4.79 Å². The van der Waals surface area contributed by atoms with Crippen LogP contribution in [-0.4, -0.2) is 11.2 Å². The summed E-state index contributed by atoms with van der Waals surface area (Å²) in [5.74, 6) is 2.83. The van der Waals surface area contributed by atoms with Crippen LogP contribution < -0.4 is 0 Å². The first-order valence-electron chi connectivity index (χ1n) is 4.97. The van der Waals surface area contributed by atoms with Crippen LogP contribution in [0.3, 0.4) is 0 Å². The number of ketones is 1.